The van der Waals surface area contributed by atoms with Crippen LogP contribution in [0.25, 0.3) is 20.4 Å². The van der Waals surface area contributed by atoms with Crippen molar-refractivity contribution in [1.29, 1.82) is 10.5 Å². The lowest BCUT2D eigenvalue weighted by atomic mass is 10.1. The van der Waals surface area contributed by atoms with Gasteiger partial charge in [-0.15, -0.1) is 22.7 Å². The van der Waals surface area contributed by atoms with Gasteiger partial charge in [-0.25, -0.2) is 44.9 Å². The Labute approximate surface area is 353 Å². The fourth-order valence-corrected chi connectivity index (χ4v) is 9.07. The summed E-state index contributed by atoms with van der Waals surface area (Å²) in [5, 5.41) is 21.2. The predicted molar refractivity (Wildman–Crippen MR) is 231 cm³/mol. The summed E-state index contributed by atoms with van der Waals surface area (Å²) in [5.74, 6) is 1.89. The van der Waals surface area contributed by atoms with Gasteiger partial charge in [0.2, 0.25) is 17.8 Å². The van der Waals surface area contributed by atoms with Gasteiger partial charge >= 0.3 is 0 Å². The number of nitriles is 2. The minimum Gasteiger partial charge on any atom is -0.352 e. The molecule has 2 aliphatic heterocycles. The standard InChI is InChI=1S/2C21H18N8S/c22-14-15(19-26-17-4-1-2-5-18(17)30-19)16-6-9-25-21(27-16)29-12-10-28(11-13-29)20-23-7-3-8-24-20;22-13-15(20-26-17-3-1-2-4-18(17)30-20)16-5-6-25-21(27-16)29-11-9-28(10-12-29)19-14-23-7-8-24-19/h1-9,15H,10-13H2;1-8,14-15H,9-12H2. The number of thiazole rings is 2. The van der Waals surface area contributed by atoms with Crippen LogP contribution in [0.5, 0.6) is 0 Å². The SMILES string of the molecule is N#CC(c1ccnc(N2CCN(c3cnccn3)CC2)n1)c1nc2ccccc2s1.N#CC(c1ccnc(N2CCN(c3ncccn3)CC2)n1)c1nc2ccccc2s1. The molecule has 60 heavy (non-hydrogen) atoms. The van der Waals surface area contributed by atoms with Gasteiger partial charge in [-0.05, 0) is 42.5 Å². The highest BCUT2D eigenvalue weighted by Crippen LogP contribution is 2.33. The van der Waals surface area contributed by atoms with Crippen LogP contribution in [-0.2, 0) is 0 Å². The number of anilines is 4. The van der Waals surface area contributed by atoms with Crippen molar-refractivity contribution in [3.8, 4) is 12.1 Å². The first-order valence-corrected chi connectivity index (χ1v) is 21.0. The van der Waals surface area contributed by atoms with Gasteiger partial charge < -0.3 is 19.6 Å². The van der Waals surface area contributed by atoms with Gasteiger partial charge in [-0.2, -0.15) is 10.5 Å². The molecule has 2 fully saturated rings. The van der Waals surface area contributed by atoms with Gasteiger partial charge in [0.05, 0.1) is 50.2 Å². The third-order valence-electron chi connectivity index (χ3n) is 10.1. The molecule has 0 aliphatic carbocycles. The van der Waals surface area contributed by atoms with Crippen LogP contribution in [0.3, 0.4) is 0 Å². The summed E-state index contributed by atoms with van der Waals surface area (Å²) >= 11 is 3.07. The number of piperazine rings is 2. The molecular formula is C42H36N16S2. The van der Waals surface area contributed by atoms with Crippen molar-refractivity contribution in [3.05, 3.63) is 132 Å². The molecule has 16 nitrogen and oxygen atoms in total. The second-order valence-corrected chi connectivity index (χ2v) is 15.9. The van der Waals surface area contributed by atoms with Gasteiger partial charge in [0.25, 0.3) is 0 Å². The van der Waals surface area contributed by atoms with E-state index in [2.05, 4.69) is 71.6 Å². The van der Waals surface area contributed by atoms with Crippen LogP contribution in [-0.4, -0.2) is 102 Å². The molecule has 0 N–H and O–H groups in total. The summed E-state index contributed by atoms with van der Waals surface area (Å²) in [5.41, 5.74) is 3.17. The van der Waals surface area contributed by atoms with Gasteiger partial charge in [-0.1, -0.05) is 24.3 Å². The molecule has 0 saturated carbocycles. The normalized spacial score (nSPS) is 15.2. The van der Waals surface area contributed by atoms with E-state index >= 15 is 0 Å². The van der Waals surface area contributed by atoms with Crippen molar-refractivity contribution in [2.75, 3.05) is 72.0 Å². The van der Waals surface area contributed by atoms with E-state index in [1.54, 1.807) is 55.5 Å². The van der Waals surface area contributed by atoms with Crippen molar-refractivity contribution in [2.45, 2.75) is 11.8 Å². The van der Waals surface area contributed by atoms with Crippen LogP contribution in [0.2, 0.25) is 0 Å². The number of hydrogen-bond donors (Lipinski definition) is 0. The quantitative estimate of drug-likeness (QED) is 0.181. The summed E-state index contributed by atoms with van der Waals surface area (Å²) in [6, 6.07) is 26.0. The van der Waals surface area contributed by atoms with Crippen LogP contribution < -0.4 is 19.6 Å². The van der Waals surface area contributed by atoms with Crippen molar-refractivity contribution in [3.63, 3.8) is 0 Å². The molecule has 2 atom stereocenters. The Morgan fingerprint density at radius 2 is 0.933 bits per heavy atom. The van der Waals surface area contributed by atoms with Gasteiger partial charge in [0, 0.05) is 89.5 Å². The van der Waals surface area contributed by atoms with E-state index in [-0.39, 0.29) is 0 Å². The van der Waals surface area contributed by atoms with Crippen LogP contribution in [0.15, 0.2) is 110 Å². The average Bonchev–Trinajstić information content (AvgIpc) is 3.95. The van der Waals surface area contributed by atoms with E-state index in [1.807, 2.05) is 54.6 Å². The number of benzene rings is 2. The number of rotatable bonds is 8. The van der Waals surface area contributed by atoms with Gasteiger partial charge in [0.1, 0.15) is 27.7 Å². The first-order chi connectivity index (χ1) is 29.6. The molecule has 8 heterocycles. The van der Waals surface area contributed by atoms with Crippen LogP contribution in [0.4, 0.5) is 23.7 Å². The average molecular weight is 829 g/mol. The fourth-order valence-electron chi connectivity index (χ4n) is 7.02. The highest BCUT2D eigenvalue weighted by atomic mass is 32.1. The van der Waals surface area contributed by atoms with Gasteiger partial charge in [-0.3, -0.25) is 4.98 Å². The first-order valence-electron chi connectivity index (χ1n) is 19.3. The molecule has 6 aromatic heterocycles. The van der Waals surface area contributed by atoms with E-state index in [1.165, 1.54) is 22.7 Å². The molecule has 2 aromatic carbocycles. The zero-order chi connectivity index (χ0) is 40.7. The first kappa shape index (κ1) is 38.2. The minimum absolute atomic E-state index is 0.509. The molecule has 0 bridgehead atoms. The van der Waals surface area contributed by atoms with Crippen LogP contribution in [0, 0.1) is 22.7 Å². The maximum Gasteiger partial charge on any atom is 0.225 e. The summed E-state index contributed by atoms with van der Waals surface area (Å²) < 4.78 is 2.14. The van der Waals surface area contributed by atoms with E-state index in [9.17, 15) is 10.5 Å². The lowest BCUT2D eigenvalue weighted by Gasteiger charge is -2.35. The number of fused-ring (bicyclic) bond motifs is 2. The zero-order valence-corrected chi connectivity index (χ0v) is 33.8. The number of aromatic nitrogens is 10. The zero-order valence-electron chi connectivity index (χ0n) is 32.2. The monoisotopic (exact) mass is 828 g/mol. The second-order valence-electron chi connectivity index (χ2n) is 13.8. The third-order valence-corrected chi connectivity index (χ3v) is 12.3. The summed E-state index contributed by atoms with van der Waals surface area (Å²) in [4.78, 5) is 53.4. The molecule has 18 heteroatoms. The molecule has 2 saturated heterocycles. The molecular weight excluding hydrogens is 793 g/mol. The lowest BCUT2D eigenvalue weighted by molar-refractivity contribution is 0.626. The van der Waals surface area contributed by atoms with Crippen molar-refractivity contribution in [1.82, 2.24) is 49.8 Å². The third kappa shape index (κ3) is 8.33. The predicted octanol–water partition coefficient (Wildman–Crippen LogP) is 5.72. The largest absolute Gasteiger partial charge is 0.352 e. The highest BCUT2D eigenvalue weighted by molar-refractivity contribution is 7.19. The maximum atomic E-state index is 9.84. The lowest BCUT2D eigenvalue weighted by Crippen LogP contribution is -2.47. The molecule has 10 rings (SSSR count). The molecule has 0 spiro atoms. The summed E-state index contributed by atoms with van der Waals surface area (Å²) in [6.07, 6.45) is 12.1. The smallest absolute Gasteiger partial charge is 0.225 e. The maximum absolute atomic E-state index is 9.84. The van der Waals surface area contributed by atoms with Crippen molar-refractivity contribution < 1.29 is 0 Å². The Morgan fingerprint density at radius 3 is 1.40 bits per heavy atom. The summed E-state index contributed by atoms with van der Waals surface area (Å²) in [6.45, 7) is 6.28. The van der Waals surface area contributed by atoms with Crippen molar-refractivity contribution in [2.24, 2.45) is 0 Å². The molecule has 8 aromatic rings. The van der Waals surface area contributed by atoms with E-state index in [0.29, 0.717) is 23.3 Å². The molecule has 296 valence electrons. The van der Waals surface area contributed by atoms with Gasteiger partial charge in [0.15, 0.2) is 0 Å². The Hall–Kier alpha value is -7.28. The Balaban J connectivity index is 0.000000154. The number of nitrogens with zero attached hydrogens (tertiary/aromatic N) is 16. The second kappa shape index (κ2) is 17.7. The van der Waals surface area contributed by atoms with E-state index < -0.39 is 11.8 Å². The Morgan fingerprint density at radius 1 is 0.467 bits per heavy atom. The van der Waals surface area contributed by atoms with E-state index in [0.717, 1.165) is 94.6 Å². The van der Waals surface area contributed by atoms with Crippen molar-refractivity contribution >= 4 is 66.8 Å². The topological polar surface area (TPSA) is 189 Å². The number of hydrogen-bond acceptors (Lipinski definition) is 18. The molecule has 0 radical (unpaired) electrons. The Kier molecular flexibility index (Phi) is 11.3. The van der Waals surface area contributed by atoms with Crippen LogP contribution in [0.1, 0.15) is 33.2 Å². The summed E-state index contributed by atoms with van der Waals surface area (Å²) in [7, 11) is 0. The molecule has 0 amide bonds. The Bertz CT molecular complexity index is 2510. The fraction of sp³-hybridized carbons (Fsp3) is 0.238. The molecule has 2 unspecified atom stereocenters. The minimum atomic E-state index is -0.511. The highest BCUT2D eigenvalue weighted by Gasteiger charge is 2.26. The van der Waals surface area contributed by atoms with Crippen LogP contribution >= 0.6 is 22.7 Å². The number of para-hydroxylation sites is 2. The van der Waals surface area contributed by atoms with E-state index in [4.69, 9.17) is 9.97 Å². The molecule has 2 aliphatic rings.